The number of hydrogen-bond acceptors (Lipinski definition) is 5. The van der Waals surface area contributed by atoms with Crippen molar-refractivity contribution in [1.82, 2.24) is 14.7 Å². The van der Waals surface area contributed by atoms with Crippen molar-refractivity contribution in [2.24, 2.45) is 0 Å². The zero-order valence-corrected chi connectivity index (χ0v) is 15.7. The van der Waals surface area contributed by atoms with Crippen LogP contribution in [0.15, 0.2) is 48.9 Å². The van der Waals surface area contributed by atoms with Gasteiger partial charge in [-0.2, -0.15) is 0 Å². The van der Waals surface area contributed by atoms with E-state index in [-0.39, 0.29) is 18.4 Å². The number of fused-ring (bicyclic) bond motifs is 1. The molecule has 0 spiro atoms. The molecule has 1 aliphatic rings. The second-order valence-corrected chi connectivity index (χ2v) is 6.67. The van der Waals surface area contributed by atoms with Crippen LogP contribution in [0.1, 0.15) is 5.56 Å². The monoisotopic (exact) mass is 382 g/mol. The summed E-state index contributed by atoms with van der Waals surface area (Å²) in [5, 5.41) is 10.1. The van der Waals surface area contributed by atoms with E-state index in [4.69, 9.17) is 10.1 Å². The van der Waals surface area contributed by atoms with Gasteiger partial charge in [-0.3, -0.25) is 5.41 Å². The van der Waals surface area contributed by atoms with Gasteiger partial charge in [0, 0.05) is 69.1 Å². The summed E-state index contributed by atoms with van der Waals surface area (Å²) in [5.74, 6) is -0.279. The van der Waals surface area contributed by atoms with Crippen molar-refractivity contribution in [2.45, 2.75) is 6.61 Å². The number of rotatable bonds is 4. The number of halogens is 1. The van der Waals surface area contributed by atoms with Gasteiger partial charge >= 0.3 is 0 Å². The van der Waals surface area contributed by atoms with Crippen LogP contribution in [-0.2, 0) is 11.3 Å². The number of amidine groups is 1. The number of nitrogens with zero attached hydrogens (tertiary/aromatic N) is 4. The Balaban J connectivity index is 1.44. The van der Waals surface area contributed by atoms with Crippen LogP contribution >= 0.6 is 0 Å². The number of pyridine rings is 1. The molecule has 2 N–H and O–H groups in total. The number of imidazole rings is 1. The number of benzene rings is 1. The fraction of sp³-hybridized carbons (Fsp3) is 0.300. The molecule has 7 nitrogen and oxygen atoms in total. The van der Waals surface area contributed by atoms with Crippen LogP contribution in [0.25, 0.3) is 5.65 Å². The lowest BCUT2D eigenvalue weighted by Gasteiger charge is -2.37. The average Bonchev–Trinajstić information content (AvgIpc) is 3.21. The predicted molar refractivity (Wildman–Crippen MR) is 108 cm³/mol. The highest BCUT2D eigenvalue weighted by atomic mass is 19.1. The highest BCUT2D eigenvalue weighted by Gasteiger charge is 2.21. The van der Waals surface area contributed by atoms with Crippen molar-refractivity contribution < 1.29 is 9.13 Å². The van der Waals surface area contributed by atoms with E-state index in [1.807, 2.05) is 22.9 Å². The lowest BCUT2D eigenvalue weighted by molar-refractivity contribution is 0.271. The normalized spacial score (nSPS) is 14.4. The zero-order valence-electron chi connectivity index (χ0n) is 15.7. The van der Waals surface area contributed by atoms with Gasteiger partial charge in [-0.05, 0) is 12.1 Å². The van der Waals surface area contributed by atoms with Gasteiger partial charge in [0.05, 0.1) is 5.69 Å². The fourth-order valence-electron chi connectivity index (χ4n) is 3.45. The first-order valence-corrected chi connectivity index (χ1v) is 9.25. The smallest absolute Gasteiger partial charge is 0.281 e. The standard InChI is InChI=1S/C20H23FN6O/c1-23-20(22)28-14-15-3-2-4-17(19(15)21)26-11-9-25(10-12-26)16-5-7-27-8-6-24-18(27)13-16/h2-8,13H,9-12,14H2,1H3,(H2,22,23). The molecule has 3 aromatic rings. The van der Waals surface area contributed by atoms with E-state index in [1.165, 1.54) is 0 Å². The van der Waals surface area contributed by atoms with E-state index in [0.29, 0.717) is 11.3 Å². The number of hydrogen-bond donors (Lipinski definition) is 2. The van der Waals surface area contributed by atoms with Crippen molar-refractivity contribution >= 4 is 23.0 Å². The molecule has 28 heavy (non-hydrogen) atoms. The van der Waals surface area contributed by atoms with E-state index in [9.17, 15) is 4.39 Å². The SMILES string of the molecule is CNC(=N)OCc1cccc(N2CCN(c3ccn4ccnc4c3)CC2)c1F. The van der Waals surface area contributed by atoms with E-state index < -0.39 is 0 Å². The third kappa shape index (κ3) is 3.58. The van der Waals surface area contributed by atoms with E-state index >= 15 is 0 Å². The lowest BCUT2D eigenvalue weighted by atomic mass is 10.1. The molecule has 1 fully saturated rings. The quantitative estimate of drug-likeness (QED) is 0.536. The molecule has 1 aliphatic heterocycles. The highest BCUT2D eigenvalue weighted by molar-refractivity contribution is 5.69. The Labute approximate surface area is 162 Å². The molecule has 0 bridgehead atoms. The summed E-state index contributed by atoms with van der Waals surface area (Å²) < 4.78 is 22.1. The van der Waals surface area contributed by atoms with Crippen LogP contribution in [0.4, 0.5) is 15.8 Å². The third-order valence-corrected chi connectivity index (χ3v) is 5.02. The minimum absolute atomic E-state index is 0.0314. The molecule has 3 heterocycles. The first-order valence-electron chi connectivity index (χ1n) is 9.25. The van der Waals surface area contributed by atoms with Gasteiger partial charge in [0.25, 0.3) is 6.02 Å². The largest absolute Gasteiger partial charge is 0.460 e. The summed E-state index contributed by atoms with van der Waals surface area (Å²) in [7, 11) is 1.60. The number of piperazine rings is 1. The summed E-state index contributed by atoms with van der Waals surface area (Å²) >= 11 is 0. The van der Waals surface area contributed by atoms with Crippen LogP contribution < -0.4 is 15.1 Å². The fourth-order valence-corrected chi connectivity index (χ4v) is 3.45. The minimum atomic E-state index is -0.279. The maximum Gasteiger partial charge on any atom is 0.281 e. The molecule has 1 aromatic carbocycles. The Kier molecular flexibility index (Phi) is 5.01. The van der Waals surface area contributed by atoms with Gasteiger partial charge in [-0.25, -0.2) is 9.37 Å². The van der Waals surface area contributed by atoms with Gasteiger partial charge in [-0.1, -0.05) is 12.1 Å². The van der Waals surface area contributed by atoms with E-state index in [1.54, 1.807) is 25.4 Å². The summed E-state index contributed by atoms with van der Waals surface area (Å²) in [6.07, 6.45) is 5.72. The molecule has 1 saturated heterocycles. The van der Waals surface area contributed by atoms with Crippen LogP contribution in [0.2, 0.25) is 0 Å². The molecule has 146 valence electrons. The Morgan fingerprint density at radius 1 is 1.18 bits per heavy atom. The van der Waals surface area contributed by atoms with Crippen LogP contribution in [0.3, 0.4) is 0 Å². The number of nitrogens with one attached hydrogen (secondary N) is 2. The highest BCUT2D eigenvalue weighted by Crippen LogP contribution is 2.26. The molecular formula is C20H23FN6O. The molecular weight excluding hydrogens is 359 g/mol. The summed E-state index contributed by atoms with van der Waals surface area (Å²) in [6.45, 7) is 3.10. The molecule has 2 aromatic heterocycles. The Hall–Kier alpha value is -3.29. The van der Waals surface area contributed by atoms with Gasteiger partial charge in [0.2, 0.25) is 0 Å². The van der Waals surface area contributed by atoms with Crippen molar-refractivity contribution in [1.29, 1.82) is 5.41 Å². The van der Waals surface area contributed by atoms with Crippen LogP contribution in [-0.4, -0.2) is 48.6 Å². The lowest BCUT2D eigenvalue weighted by Crippen LogP contribution is -2.46. The van der Waals surface area contributed by atoms with Crippen LogP contribution in [0, 0.1) is 11.2 Å². The van der Waals surface area contributed by atoms with Gasteiger partial charge in [0.1, 0.15) is 12.3 Å². The summed E-state index contributed by atoms with van der Waals surface area (Å²) in [4.78, 5) is 8.70. The van der Waals surface area contributed by atoms with Crippen LogP contribution in [0.5, 0.6) is 0 Å². The molecule has 0 radical (unpaired) electrons. The van der Waals surface area contributed by atoms with Gasteiger partial charge < -0.3 is 24.3 Å². The van der Waals surface area contributed by atoms with E-state index in [0.717, 1.165) is 37.5 Å². The Morgan fingerprint density at radius 3 is 2.75 bits per heavy atom. The average molecular weight is 382 g/mol. The molecule has 0 saturated carbocycles. The number of anilines is 2. The Morgan fingerprint density at radius 2 is 1.96 bits per heavy atom. The summed E-state index contributed by atoms with van der Waals surface area (Å²) in [6, 6.07) is 9.41. The maximum absolute atomic E-state index is 14.9. The molecule has 0 unspecified atom stereocenters. The molecule has 0 atom stereocenters. The van der Waals surface area contributed by atoms with Crippen molar-refractivity contribution in [3.05, 3.63) is 60.3 Å². The van der Waals surface area contributed by atoms with Crippen molar-refractivity contribution in [2.75, 3.05) is 43.0 Å². The minimum Gasteiger partial charge on any atom is -0.460 e. The van der Waals surface area contributed by atoms with E-state index in [2.05, 4.69) is 32.2 Å². The first kappa shape index (κ1) is 18.1. The maximum atomic E-state index is 14.9. The summed E-state index contributed by atoms with van der Waals surface area (Å²) in [5.41, 5.74) is 3.09. The molecule has 8 heteroatoms. The predicted octanol–water partition coefficient (Wildman–Crippen LogP) is 2.47. The van der Waals surface area contributed by atoms with Crippen molar-refractivity contribution in [3.8, 4) is 0 Å². The molecule has 0 aliphatic carbocycles. The zero-order chi connectivity index (χ0) is 19.5. The molecule has 0 amide bonds. The van der Waals surface area contributed by atoms with Gasteiger partial charge in [-0.15, -0.1) is 0 Å². The first-order chi connectivity index (χ1) is 13.7. The number of ether oxygens (including phenoxy) is 1. The second-order valence-electron chi connectivity index (χ2n) is 6.67. The van der Waals surface area contributed by atoms with Crippen molar-refractivity contribution in [3.63, 3.8) is 0 Å². The Bertz CT molecular complexity index is 980. The van der Waals surface area contributed by atoms with Gasteiger partial charge in [0.15, 0.2) is 5.82 Å². The second kappa shape index (κ2) is 7.75. The number of aromatic nitrogens is 2. The topological polar surface area (TPSA) is 68.9 Å². The molecule has 4 rings (SSSR count). The third-order valence-electron chi connectivity index (χ3n) is 5.02.